The van der Waals surface area contributed by atoms with Crippen LogP contribution in [0.4, 0.5) is 5.82 Å². The van der Waals surface area contributed by atoms with Gasteiger partial charge < -0.3 is 5.32 Å². The molecule has 0 aliphatic carbocycles. The number of hydrogen-bond donors (Lipinski definition) is 1. The van der Waals surface area contributed by atoms with Gasteiger partial charge >= 0.3 is 0 Å². The molecule has 16 heavy (non-hydrogen) atoms. The molecule has 3 nitrogen and oxygen atoms in total. The lowest BCUT2D eigenvalue weighted by molar-refractivity contribution is 0.269. The van der Waals surface area contributed by atoms with E-state index in [9.17, 15) is 0 Å². The Hall–Kier alpha value is -0.830. The van der Waals surface area contributed by atoms with E-state index in [4.69, 9.17) is 11.6 Å². The maximum atomic E-state index is 5.80. The summed E-state index contributed by atoms with van der Waals surface area (Å²) >= 11 is 5.80. The molecule has 1 heterocycles. The van der Waals surface area contributed by atoms with Gasteiger partial charge in [0.05, 0.1) is 0 Å². The quantitative estimate of drug-likeness (QED) is 0.820. The van der Waals surface area contributed by atoms with Crippen molar-refractivity contribution in [3.05, 3.63) is 17.0 Å². The highest BCUT2D eigenvalue weighted by Crippen LogP contribution is 2.26. The van der Waals surface area contributed by atoms with Crippen LogP contribution in [0, 0.1) is 18.3 Å². The van der Waals surface area contributed by atoms with Gasteiger partial charge in [0.15, 0.2) is 0 Å². The van der Waals surface area contributed by atoms with E-state index in [1.807, 2.05) is 13.0 Å². The predicted octanol–water partition coefficient (Wildman–Crippen LogP) is 3.53. The topological polar surface area (TPSA) is 37.8 Å². The normalized spacial score (nSPS) is 11.9. The molecule has 0 spiro atoms. The van der Waals surface area contributed by atoms with E-state index in [0.29, 0.717) is 11.2 Å². The maximum Gasteiger partial charge on any atom is 0.224 e. The van der Waals surface area contributed by atoms with Gasteiger partial charge in [-0.2, -0.15) is 0 Å². The highest BCUT2D eigenvalue weighted by atomic mass is 35.5. The van der Waals surface area contributed by atoms with Gasteiger partial charge in [0.25, 0.3) is 0 Å². The second kappa shape index (κ2) is 5.00. The number of rotatable bonds is 4. The molecular weight excluding hydrogens is 222 g/mol. The van der Waals surface area contributed by atoms with E-state index in [0.717, 1.165) is 18.1 Å². The minimum atomic E-state index is 0.228. The average Bonchev–Trinajstić information content (AvgIpc) is 2.13. The summed E-state index contributed by atoms with van der Waals surface area (Å²) in [4.78, 5) is 8.17. The van der Waals surface area contributed by atoms with E-state index < -0.39 is 0 Å². The first-order chi connectivity index (χ1) is 7.31. The van der Waals surface area contributed by atoms with Crippen LogP contribution in [0.3, 0.4) is 0 Å². The van der Waals surface area contributed by atoms with Gasteiger partial charge in [-0.25, -0.2) is 9.97 Å². The van der Waals surface area contributed by atoms with Gasteiger partial charge in [-0.3, -0.25) is 0 Å². The lowest BCUT2D eigenvalue weighted by atomic mass is 9.81. The van der Waals surface area contributed by atoms with E-state index >= 15 is 0 Å². The largest absolute Gasteiger partial charge is 0.369 e. The Balaban J connectivity index is 2.68. The van der Waals surface area contributed by atoms with Crippen molar-refractivity contribution in [2.24, 2.45) is 11.3 Å². The molecule has 0 radical (unpaired) electrons. The van der Waals surface area contributed by atoms with Crippen molar-refractivity contribution in [1.29, 1.82) is 0 Å². The fourth-order valence-electron chi connectivity index (χ4n) is 1.15. The molecule has 0 atom stereocenters. The molecular formula is C12H20ClN3. The van der Waals surface area contributed by atoms with Crippen LogP contribution < -0.4 is 5.32 Å². The number of anilines is 1. The van der Waals surface area contributed by atoms with Crippen molar-refractivity contribution >= 4 is 17.4 Å². The molecule has 0 saturated heterocycles. The predicted molar refractivity (Wildman–Crippen MR) is 68.9 cm³/mol. The molecule has 4 heteroatoms. The molecule has 90 valence electrons. The standard InChI is InChI=1S/C12H20ClN3/c1-8(2)12(4,5)7-14-10-6-9(3)15-11(13)16-10/h6,8H,7H2,1-5H3,(H,14,15,16). The fourth-order valence-corrected chi connectivity index (χ4v) is 1.37. The summed E-state index contributed by atoms with van der Waals surface area (Å²) in [5.41, 5.74) is 1.11. The molecule has 1 aromatic heterocycles. The number of nitrogens with one attached hydrogen (secondary N) is 1. The Bertz CT molecular complexity index is 341. The second-order valence-electron chi connectivity index (χ2n) is 5.16. The Morgan fingerprint density at radius 2 is 2.00 bits per heavy atom. The van der Waals surface area contributed by atoms with Crippen LogP contribution in [0.15, 0.2) is 6.07 Å². The zero-order chi connectivity index (χ0) is 12.3. The second-order valence-corrected chi connectivity index (χ2v) is 5.50. The van der Waals surface area contributed by atoms with Gasteiger partial charge in [-0.05, 0) is 29.9 Å². The summed E-state index contributed by atoms with van der Waals surface area (Å²) in [5.74, 6) is 1.41. The van der Waals surface area contributed by atoms with Gasteiger partial charge in [0, 0.05) is 18.3 Å². The van der Waals surface area contributed by atoms with E-state index in [-0.39, 0.29) is 5.41 Å². The van der Waals surface area contributed by atoms with Crippen molar-refractivity contribution in [3.63, 3.8) is 0 Å². The summed E-state index contributed by atoms with van der Waals surface area (Å²) < 4.78 is 0. The third kappa shape index (κ3) is 3.63. The lowest BCUT2D eigenvalue weighted by Gasteiger charge is -2.29. The molecule has 0 aromatic carbocycles. The smallest absolute Gasteiger partial charge is 0.224 e. The number of nitrogens with zero attached hydrogens (tertiary/aromatic N) is 2. The van der Waals surface area contributed by atoms with Gasteiger partial charge in [0.2, 0.25) is 5.28 Å². The molecule has 0 aliphatic rings. The van der Waals surface area contributed by atoms with Gasteiger partial charge in [0.1, 0.15) is 5.82 Å². The molecule has 0 amide bonds. The molecule has 0 unspecified atom stereocenters. The third-order valence-electron chi connectivity index (χ3n) is 3.11. The molecule has 0 aliphatic heterocycles. The van der Waals surface area contributed by atoms with Crippen LogP contribution >= 0.6 is 11.6 Å². The number of halogens is 1. The molecule has 0 fully saturated rings. The monoisotopic (exact) mass is 241 g/mol. The van der Waals surface area contributed by atoms with Crippen LogP contribution in [-0.4, -0.2) is 16.5 Å². The first-order valence-corrected chi connectivity index (χ1v) is 5.94. The average molecular weight is 242 g/mol. The SMILES string of the molecule is Cc1cc(NCC(C)(C)C(C)C)nc(Cl)n1. The van der Waals surface area contributed by atoms with Crippen LogP contribution in [0.2, 0.25) is 5.28 Å². The van der Waals surface area contributed by atoms with Gasteiger partial charge in [-0.15, -0.1) is 0 Å². The molecule has 1 N–H and O–H groups in total. The molecule has 1 aromatic rings. The van der Waals surface area contributed by atoms with Crippen molar-refractivity contribution in [2.75, 3.05) is 11.9 Å². The fraction of sp³-hybridized carbons (Fsp3) is 0.667. The highest BCUT2D eigenvalue weighted by molar-refractivity contribution is 6.28. The van der Waals surface area contributed by atoms with E-state index in [2.05, 4.69) is 43.0 Å². The Morgan fingerprint density at radius 1 is 1.38 bits per heavy atom. The molecule has 1 rings (SSSR count). The summed E-state index contributed by atoms with van der Waals surface area (Å²) in [6.07, 6.45) is 0. The Kier molecular flexibility index (Phi) is 4.14. The number of aromatic nitrogens is 2. The maximum absolute atomic E-state index is 5.80. The summed E-state index contributed by atoms with van der Waals surface area (Å²) in [5, 5.41) is 3.61. The van der Waals surface area contributed by atoms with Crippen molar-refractivity contribution in [1.82, 2.24) is 9.97 Å². The van der Waals surface area contributed by atoms with Crippen LogP contribution in [0.1, 0.15) is 33.4 Å². The third-order valence-corrected chi connectivity index (χ3v) is 3.28. The van der Waals surface area contributed by atoms with E-state index in [1.165, 1.54) is 0 Å². The van der Waals surface area contributed by atoms with E-state index in [1.54, 1.807) is 0 Å². The Morgan fingerprint density at radius 3 is 2.50 bits per heavy atom. The zero-order valence-corrected chi connectivity index (χ0v) is 11.4. The van der Waals surface area contributed by atoms with Crippen LogP contribution in [0.5, 0.6) is 0 Å². The van der Waals surface area contributed by atoms with Crippen molar-refractivity contribution in [3.8, 4) is 0 Å². The molecule has 0 bridgehead atoms. The molecule has 0 saturated carbocycles. The van der Waals surface area contributed by atoms with Crippen LogP contribution in [-0.2, 0) is 0 Å². The Labute approximate surface area is 103 Å². The minimum Gasteiger partial charge on any atom is -0.369 e. The first-order valence-electron chi connectivity index (χ1n) is 5.56. The van der Waals surface area contributed by atoms with Crippen molar-refractivity contribution in [2.45, 2.75) is 34.6 Å². The van der Waals surface area contributed by atoms with Crippen LogP contribution in [0.25, 0.3) is 0 Å². The number of hydrogen-bond acceptors (Lipinski definition) is 3. The summed E-state index contributed by atoms with van der Waals surface area (Å²) in [7, 11) is 0. The van der Waals surface area contributed by atoms with Crippen molar-refractivity contribution < 1.29 is 0 Å². The summed E-state index contributed by atoms with van der Waals surface area (Å²) in [6, 6.07) is 1.91. The minimum absolute atomic E-state index is 0.228. The summed E-state index contributed by atoms with van der Waals surface area (Å²) in [6.45, 7) is 11.7. The zero-order valence-electron chi connectivity index (χ0n) is 10.6. The van der Waals surface area contributed by atoms with Gasteiger partial charge in [-0.1, -0.05) is 27.7 Å². The highest BCUT2D eigenvalue weighted by Gasteiger charge is 2.22. The first kappa shape index (κ1) is 13.2. The lowest BCUT2D eigenvalue weighted by Crippen LogP contribution is -2.28. The number of aryl methyl sites for hydroxylation is 1.